The Hall–Kier alpha value is -1.79. The third-order valence-electron chi connectivity index (χ3n) is 3.47. The van der Waals surface area contributed by atoms with Crippen molar-refractivity contribution in [1.29, 1.82) is 0 Å². The van der Waals surface area contributed by atoms with Crippen LogP contribution < -0.4 is 20.1 Å². The van der Waals surface area contributed by atoms with E-state index < -0.39 is 0 Å². The fraction of sp³-hybridized carbons (Fsp3) is 0.533. The summed E-state index contributed by atoms with van der Waals surface area (Å²) >= 11 is 0. The summed E-state index contributed by atoms with van der Waals surface area (Å²) in [5.74, 6) is 1.20. The number of methoxy groups -OCH3 is 2. The van der Waals surface area contributed by atoms with Crippen LogP contribution in [0.15, 0.2) is 18.2 Å². The number of carbonyl (C=O) groups excluding carboxylic acids is 1. The minimum Gasteiger partial charge on any atom is -0.493 e. The van der Waals surface area contributed by atoms with Crippen LogP contribution in [0.1, 0.15) is 13.3 Å². The molecule has 0 bridgehead atoms. The van der Waals surface area contributed by atoms with Gasteiger partial charge in [0, 0.05) is 25.4 Å². The Morgan fingerprint density at radius 3 is 2.81 bits per heavy atom. The monoisotopic (exact) mass is 294 g/mol. The lowest BCUT2D eigenvalue weighted by atomic mass is 10.2. The van der Waals surface area contributed by atoms with E-state index in [0.717, 1.165) is 0 Å². The van der Waals surface area contributed by atoms with Crippen molar-refractivity contribution in [3.8, 4) is 11.5 Å². The number of benzene rings is 1. The second-order valence-electron chi connectivity index (χ2n) is 4.84. The maximum Gasteiger partial charge on any atom is 0.241 e. The highest BCUT2D eigenvalue weighted by Gasteiger charge is 2.29. The number of hydrogen-bond donors (Lipinski definition) is 2. The van der Waals surface area contributed by atoms with Gasteiger partial charge in [0.1, 0.15) is 0 Å². The fourth-order valence-corrected chi connectivity index (χ4v) is 2.33. The molecule has 21 heavy (non-hydrogen) atoms. The van der Waals surface area contributed by atoms with Gasteiger partial charge in [0.15, 0.2) is 11.5 Å². The summed E-state index contributed by atoms with van der Waals surface area (Å²) in [5, 5.41) is 6.03. The molecular weight excluding hydrogens is 272 g/mol. The van der Waals surface area contributed by atoms with E-state index in [2.05, 4.69) is 10.6 Å². The fourth-order valence-electron chi connectivity index (χ4n) is 2.33. The summed E-state index contributed by atoms with van der Waals surface area (Å²) in [5.41, 5.74) is 0.687. The van der Waals surface area contributed by atoms with E-state index in [9.17, 15) is 4.79 Å². The maximum absolute atomic E-state index is 12.2. The Balaban J connectivity index is 2.02. The van der Waals surface area contributed by atoms with Crippen molar-refractivity contribution in [2.24, 2.45) is 0 Å². The quantitative estimate of drug-likeness (QED) is 0.830. The van der Waals surface area contributed by atoms with Crippen molar-refractivity contribution < 1.29 is 19.0 Å². The van der Waals surface area contributed by atoms with Gasteiger partial charge in [-0.1, -0.05) is 0 Å². The summed E-state index contributed by atoms with van der Waals surface area (Å²) in [6, 6.07) is 5.11. The number of hydrogen-bond acceptors (Lipinski definition) is 5. The second kappa shape index (κ2) is 7.28. The predicted octanol–water partition coefficient (Wildman–Crippen LogP) is 1.41. The molecule has 2 N–H and O–H groups in total. The number of carbonyl (C=O) groups is 1. The molecule has 0 spiro atoms. The molecule has 1 aromatic rings. The molecular formula is C15H22N2O4. The smallest absolute Gasteiger partial charge is 0.241 e. The molecule has 1 fully saturated rings. The zero-order valence-corrected chi connectivity index (χ0v) is 12.6. The number of anilines is 1. The number of ether oxygens (including phenoxy) is 3. The minimum absolute atomic E-state index is 0.0674. The summed E-state index contributed by atoms with van der Waals surface area (Å²) in [7, 11) is 3.24. The van der Waals surface area contributed by atoms with Crippen molar-refractivity contribution in [2.45, 2.75) is 25.5 Å². The third-order valence-corrected chi connectivity index (χ3v) is 3.47. The van der Waals surface area contributed by atoms with Crippen molar-refractivity contribution in [3.05, 3.63) is 18.2 Å². The van der Waals surface area contributed by atoms with Crippen LogP contribution in [0.3, 0.4) is 0 Å². The molecule has 0 saturated carbocycles. The molecule has 116 valence electrons. The van der Waals surface area contributed by atoms with Gasteiger partial charge in [0.2, 0.25) is 5.91 Å². The van der Waals surface area contributed by atoms with Gasteiger partial charge < -0.3 is 24.8 Å². The lowest BCUT2D eigenvalue weighted by Gasteiger charge is -2.14. The van der Waals surface area contributed by atoms with E-state index in [1.807, 2.05) is 6.92 Å². The van der Waals surface area contributed by atoms with Crippen molar-refractivity contribution in [1.82, 2.24) is 5.32 Å². The molecule has 2 rings (SSSR count). The zero-order chi connectivity index (χ0) is 15.2. The van der Waals surface area contributed by atoms with E-state index in [-0.39, 0.29) is 18.1 Å². The minimum atomic E-state index is -0.229. The normalized spacial score (nSPS) is 21.1. The summed E-state index contributed by atoms with van der Waals surface area (Å²) in [6.45, 7) is 3.13. The molecule has 2 atom stereocenters. The van der Waals surface area contributed by atoms with Gasteiger partial charge in [0.25, 0.3) is 0 Å². The largest absolute Gasteiger partial charge is 0.493 e. The van der Waals surface area contributed by atoms with Crippen LogP contribution in [0.2, 0.25) is 0 Å². The lowest BCUT2D eigenvalue weighted by Crippen LogP contribution is -2.35. The highest BCUT2D eigenvalue weighted by molar-refractivity contribution is 5.95. The highest BCUT2D eigenvalue weighted by Crippen LogP contribution is 2.30. The first-order valence-corrected chi connectivity index (χ1v) is 7.05. The van der Waals surface area contributed by atoms with E-state index in [1.54, 1.807) is 32.4 Å². The molecule has 1 saturated heterocycles. The van der Waals surface area contributed by atoms with Gasteiger partial charge in [-0.3, -0.25) is 4.79 Å². The maximum atomic E-state index is 12.2. The van der Waals surface area contributed by atoms with Gasteiger partial charge >= 0.3 is 0 Å². The molecule has 1 heterocycles. The molecule has 1 aliphatic heterocycles. The number of amides is 1. The molecule has 1 amide bonds. The molecule has 0 aromatic heterocycles. The molecule has 6 nitrogen and oxygen atoms in total. The van der Waals surface area contributed by atoms with Gasteiger partial charge in [-0.15, -0.1) is 0 Å². The third kappa shape index (κ3) is 3.86. The van der Waals surface area contributed by atoms with Gasteiger partial charge in [0.05, 0.1) is 25.9 Å². The molecule has 2 unspecified atom stereocenters. The molecule has 1 aromatic carbocycles. The average Bonchev–Trinajstić information content (AvgIpc) is 2.97. The Bertz CT molecular complexity index is 493. The standard InChI is InChI=1S/C15H22N2O4/c1-4-21-14-7-10(5-6-13(14)20-3)17-15(18)12-8-11(19-2)9-16-12/h5-7,11-12,16H,4,8-9H2,1-3H3,(H,17,18). The zero-order valence-electron chi connectivity index (χ0n) is 12.6. The Kier molecular flexibility index (Phi) is 5.41. The molecule has 0 aliphatic carbocycles. The Morgan fingerprint density at radius 1 is 1.38 bits per heavy atom. The first-order valence-electron chi connectivity index (χ1n) is 7.05. The SMILES string of the molecule is CCOc1cc(NC(=O)C2CC(OC)CN2)ccc1OC. The van der Waals surface area contributed by atoms with Crippen molar-refractivity contribution in [3.63, 3.8) is 0 Å². The van der Waals surface area contributed by atoms with Gasteiger partial charge in [-0.05, 0) is 25.5 Å². The molecule has 0 radical (unpaired) electrons. The van der Waals surface area contributed by atoms with Crippen molar-refractivity contribution in [2.75, 3.05) is 32.7 Å². The Labute approximate surface area is 124 Å². The van der Waals surface area contributed by atoms with Crippen LogP contribution >= 0.6 is 0 Å². The number of nitrogens with one attached hydrogen (secondary N) is 2. The van der Waals surface area contributed by atoms with E-state index in [0.29, 0.717) is 36.8 Å². The van der Waals surface area contributed by atoms with Crippen LogP contribution in [0.25, 0.3) is 0 Å². The topological polar surface area (TPSA) is 68.8 Å². The van der Waals surface area contributed by atoms with Crippen LogP contribution in [0.4, 0.5) is 5.69 Å². The molecule has 6 heteroatoms. The van der Waals surface area contributed by atoms with Crippen LogP contribution in [0.5, 0.6) is 11.5 Å². The van der Waals surface area contributed by atoms with Crippen molar-refractivity contribution >= 4 is 11.6 Å². The Morgan fingerprint density at radius 2 is 2.19 bits per heavy atom. The molecule has 1 aliphatic rings. The van der Waals surface area contributed by atoms with Crippen LogP contribution in [-0.4, -0.2) is 45.4 Å². The van der Waals surface area contributed by atoms with Crippen LogP contribution in [0, 0.1) is 0 Å². The first kappa shape index (κ1) is 15.6. The van der Waals surface area contributed by atoms with E-state index in [1.165, 1.54) is 0 Å². The first-order chi connectivity index (χ1) is 10.2. The van der Waals surface area contributed by atoms with Gasteiger partial charge in [-0.2, -0.15) is 0 Å². The average molecular weight is 294 g/mol. The summed E-state index contributed by atoms with van der Waals surface area (Å²) in [6.07, 6.45) is 0.771. The highest BCUT2D eigenvalue weighted by atomic mass is 16.5. The lowest BCUT2D eigenvalue weighted by molar-refractivity contribution is -0.118. The second-order valence-corrected chi connectivity index (χ2v) is 4.84. The van der Waals surface area contributed by atoms with Crippen LogP contribution in [-0.2, 0) is 9.53 Å². The summed E-state index contributed by atoms with van der Waals surface area (Å²) in [4.78, 5) is 12.2. The number of rotatable bonds is 6. The van der Waals surface area contributed by atoms with E-state index >= 15 is 0 Å². The summed E-state index contributed by atoms with van der Waals surface area (Å²) < 4.78 is 16.0. The van der Waals surface area contributed by atoms with E-state index in [4.69, 9.17) is 14.2 Å². The van der Waals surface area contributed by atoms with Gasteiger partial charge in [-0.25, -0.2) is 0 Å². The predicted molar refractivity (Wildman–Crippen MR) is 80.0 cm³/mol.